The number of aliphatic hydroxyl groups is 1. The normalized spacial score (nSPS) is 17.4. The van der Waals surface area contributed by atoms with E-state index in [1.807, 2.05) is 30.3 Å². The average molecular weight is 417 g/mol. The molecule has 0 radical (unpaired) electrons. The van der Waals surface area contributed by atoms with Gasteiger partial charge >= 0.3 is 5.97 Å². The maximum Gasteiger partial charge on any atom is 0.336 e. The van der Waals surface area contributed by atoms with E-state index in [1.54, 1.807) is 24.3 Å². The van der Waals surface area contributed by atoms with Crippen molar-refractivity contribution < 1.29 is 24.5 Å². The van der Waals surface area contributed by atoms with Crippen molar-refractivity contribution in [3.05, 3.63) is 89.0 Å². The van der Waals surface area contributed by atoms with Crippen LogP contribution in [-0.2, 0) is 6.42 Å². The molecule has 1 aliphatic heterocycles. The highest BCUT2D eigenvalue weighted by Gasteiger charge is 2.30. The third-order valence-corrected chi connectivity index (χ3v) is 5.62. The van der Waals surface area contributed by atoms with Crippen LogP contribution in [0.2, 0.25) is 0 Å². The zero-order chi connectivity index (χ0) is 22.0. The number of hydrogen-bond acceptors (Lipinski definition) is 4. The third kappa shape index (κ3) is 4.15. The van der Waals surface area contributed by atoms with E-state index in [4.69, 9.17) is 4.74 Å². The minimum atomic E-state index is -1.08. The zero-order valence-electron chi connectivity index (χ0n) is 17.0. The molecule has 6 heteroatoms. The molecular formula is C25H23NO5. The highest BCUT2D eigenvalue weighted by atomic mass is 16.5. The summed E-state index contributed by atoms with van der Waals surface area (Å²) in [7, 11) is 1.52. The summed E-state index contributed by atoms with van der Waals surface area (Å²) >= 11 is 0. The number of amides is 1. The number of ether oxygens (including phenoxy) is 1. The molecule has 0 aliphatic carbocycles. The van der Waals surface area contributed by atoms with Crippen molar-refractivity contribution in [3.8, 4) is 16.9 Å². The van der Waals surface area contributed by atoms with Crippen LogP contribution in [0.1, 0.15) is 37.9 Å². The molecule has 1 heterocycles. The summed E-state index contributed by atoms with van der Waals surface area (Å²) in [5.41, 5.74) is 3.29. The Bertz CT molecular complexity index is 1130. The molecule has 0 fully saturated rings. The van der Waals surface area contributed by atoms with Gasteiger partial charge in [-0.1, -0.05) is 42.5 Å². The highest BCUT2D eigenvalue weighted by molar-refractivity contribution is 6.01. The smallest absolute Gasteiger partial charge is 0.336 e. The monoisotopic (exact) mass is 417 g/mol. The van der Waals surface area contributed by atoms with Gasteiger partial charge in [-0.3, -0.25) is 4.79 Å². The lowest BCUT2D eigenvalue weighted by Gasteiger charge is -2.31. The van der Waals surface area contributed by atoms with E-state index >= 15 is 0 Å². The quantitative estimate of drug-likeness (QED) is 0.588. The van der Waals surface area contributed by atoms with Gasteiger partial charge in [-0.25, -0.2) is 4.79 Å². The summed E-state index contributed by atoms with van der Waals surface area (Å²) in [5.74, 6) is -0.936. The lowest BCUT2D eigenvalue weighted by atomic mass is 9.87. The Labute approximate surface area is 180 Å². The Balaban J connectivity index is 1.67. The van der Waals surface area contributed by atoms with Crippen LogP contribution < -0.4 is 10.1 Å². The first-order chi connectivity index (χ1) is 15.0. The predicted molar refractivity (Wildman–Crippen MR) is 116 cm³/mol. The van der Waals surface area contributed by atoms with Gasteiger partial charge in [0.1, 0.15) is 5.75 Å². The minimum absolute atomic E-state index is 0.0769. The number of carbonyl (C=O) groups is 2. The van der Waals surface area contributed by atoms with E-state index in [0.29, 0.717) is 41.0 Å². The van der Waals surface area contributed by atoms with Crippen molar-refractivity contribution in [2.24, 2.45) is 5.92 Å². The SMILES string of the molecule is CNC(=O)c1ccc(C(=O)O)c(-c2ccc3c(c2)OC[C@H](Cc2ccccc2)[C@H]3O)c1. The minimum Gasteiger partial charge on any atom is -0.493 e. The average Bonchev–Trinajstić information content (AvgIpc) is 2.80. The van der Waals surface area contributed by atoms with Crippen LogP contribution in [-0.4, -0.2) is 35.7 Å². The number of aromatic carboxylic acids is 1. The number of carboxylic acids is 1. The lowest BCUT2D eigenvalue weighted by Crippen LogP contribution is -2.27. The molecule has 1 aliphatic rings. The maximum absolute atomic E-state index is 12.0. The number of rotatable bonds is 5. The second-order valence-electron chi connectivity index (χ2n) is 7.60. The second kappa shape index (κ2) is 8.62. The van der Waals surface area contributed by atoms with Crippen LogP contribution in [0.4, 0.5) is 0 Å². The van der Waals surface area contributed by atoms with Crippen molar-refractivity contribution in [1.29, 1.82) is 0 Å². The van der Waals surface area contributed by atoms with Crippen molar-refractivity contribution >= 4 is 11.9 Å². The number of carboxylic acid groups (broad SMARTS) is 1. The van der Waals surface area contributed by atoms with Gasteiger partial charge in [-0.15, -0.1) is 0 Å². The fraction of sp³-hybridized carbons (Fsp3) is 0.200. The molecule has 0 spiro atoms. The van der Waals surface area contributed by atoms with E-state index in [-0.39, 0.29) is 17.4 Å². The van der Waals surface area contributed by atoms with E-state index in [9.17, 15) is 19.8 Å². The summed E-state index contributed by atoms with van der Waals surface area (Å²) in [6.07, 6.45) is 0.00901. The first-order valence-electron chi connectivity index (χ1n) is 10.1. The zero-order valence-corrected chi connectivity index (χ0v) is 17.0. The van der Waals surface area contributed by atoms with Crippen LogP contribution in [0.5, 0.6) is 5.75 Å². The Morgan fingerprint density at radius 3 is 2.55 bits per heavy atom. The largest absolute Gasteiger partial charge is 0.493 e. The molecule has 6 nitrogen and oxygen atoms in total. The number of fused-ring (bicyclic) bond motifs is 1. The Hall–Kier alpha value is -3.64. The summed E-state index contributed by atoms with van der Waals surface area (Å²) in [6, 6.07) is 19.7. The van der Waals surface area contributed by atoms with Crippen LogP contribution >= 0.6 is 0 Å². The van der Waals surface area contributed by atoms with Gasteiger partial charge in [-0.05, 0) is 47.4 Å². The fourth-order valence-electron chi connectivity index (χ4n) is 3.96. The van der Waals surface area contributed by atoms with E-state index in [2.05, 4.69) is 5.32 Å². The Kier molecular flexibility index (Phi) is 5.73. The van der Waals surface area contributed by atoms with Crippen LogP contribution in [0, 0.1) is 5.92 Å². The van der Waals surface area contributed by atoms with Crippen molar-refractivity contribution in [2.45, 2.75) is 12.5 Å². The van der Waals surface area contributed by atoms with Crippen molar-refractivity contribution in [2.75, 3.05) is 13.7 Å². The molecule has 0 unspecified atom stereocenters. The molecule has 3 aromatic rings. The maximum atomic E-state index is 12.0. The molecule has 0 saturated heterocycles. The van der Waals surface area contributed by atoms with Crippen molar-refractivity contribution in [3.63, 3.8) is 0 Å². The third-order valence-electron chi connectivity index (χ3n) is 5.62. The molecule has 3 N–H and O–H groups in total. The van der Waals surface area contributed by atoms with E-state index in [0.717, 1.165) is 5.56 Å². The van der Waals surface area contributed by atoms with Gasteiger partial charge < -0.3 is 20.3 Å². The molecule has 0 bridgehead atoms. The van der Waals surface area contributed by atoms with Gasteiger partial charge in [0.15, 0.2) is 0 Å². The number of hydrogen-bond donors (Lipinski definition) is 3. The number of nitrogens with one attached hydrogen (secondary N) is 1. The lowest BCUT2D eigenvalue weighted by molar-refractivity contribution is 0.0508. The van der Waals surface area contributed by atoms with Crippen LogP contribution in [0.25, 0.3) is 11.1 Å². The summed E-state index contributed by atoms with van der Waals surface area (Å²) in [5, 5.41) is 23.1. The van der Waals surface area contributed by atoms with E-state index < -0.39 is 12.1 Å². The summed E-state index contributed by atoms with van der Waals surface area (Å²) in [4.78, 5) is 23.8. The number of benzene rings is 3. The van der Waals surface area contributed by atoms with Gasteiger partial charge in [0.25, 0.3) is 5.91 Å². The molecule has 1 amide bonds. The number of carbonyl (C=O) groups excluding carboxylic acids is 1. The molecule has 0 saturated carbocycles. The van der Waals surface area contributed by atoms with Crippen LogP contribution in [0.15, 0.2) is 66.7 Å². The molecular weight excluding hydrogens is 394 g/mol. The molecule has 0 aromatic heterocycles. The molecule has 4 rings (SSSR count). The topological polar surface area (TPSA) is 95.9 Å². The second-order valence-corrected chi connectivity index (χ2v) is 7.60. The van der Waals surface area contributed by atoms with Gasteiger partial charge in [-0.2, -0.15) is 0 Å². The van der Waals surface area contributed by atoms with Crippen molar-refractivity contribution in [1.82, 2.24) is 5.32 Å². The summed E-state index contributed by atoms with van der Waals surface area (Å²) < 4.78 is 5.95. The molecule has 31 heavy (non-hydrogen) atoms. The highest BCUT2D eigenvalue weighted by Crippen LogP contribution is 2.40. The van der Waals surface area contributed by atoms with Gasteiger partial charge in [0.05, 0.1) is 18.3 Å². The van der Waals surface area contributed by atoms with Gasteiger partial charge in [0, 0.05) is 24.1 Å². The summed E-state index contributed by atoms with van der Waals surface area (Å²) in [6.45, 7) is 0.358. The molecule has 3 aromatic carbocycles. The Morgan fingerprint density at radius 1 is 1.06 bits per heavy atom. The molecule has 158 valence electrons. The molecule has 2 atom stereocenters. The van der Waals surface area contributed by atoms with Gasteiger partial charge in [0.2, 0.25) is 0 Å². The van der Waals surface area contributed by atoms with Crippen LogP contribution in [0.3, 0.4) is 0 Å². The first-order valence-corrected chi connectivity index (χ1v) is 10.1. The fourth-order valence-corrected chi connectivity index (χ4v) is 3.96. The standard InChI is InChI=1S/C25H23NO5/c1-26-24(28)17-8-9-19(25(29)30)21(12-17)16-7-10-20-22(13-16)31-14-18(23(20)27)11-15-5-3-2-4-6-15/h2-10,12-13,18,23,27H,11,14H2,1H3,(H,26,28)(H,29,30)/t18-,23+/m0/s1. The number of aliphatic hydroxyl groups excluding tert-OH is 1. The first kappa shape index (κ1) is 20.6. The van der Waals surface area contributed by atoms with E-state index in [1.165, 1.54) is 19.2 Å². The predicted octanol–water partition coefficient (Wildman–Crippen LogP) is 3.70. The Morgan fingerprint density at radius 2 is 1.84 bits per heavy atom.